The third-order valence-corrected chi connectivity index (χ3v) is 5.19. The van der Waals surface area contributed by atoms with Gasteiger partial charge < -0.3 is 19.7 Å². The van der Waals surface area contributed by atoms with Gasteiger partial charge in [0.1, 0.15) is 17.1 Å². The molecule has 144 valence electrons. The van der Waals surface area contributed by atoms with Gasteiger partial charge in [-0.2, -0.15) is 0 Å². The van der Waals surface area contributed by atoms with E-state index in [0.29, 0.717) is 6.54 Å². The Bertz CT molecular complexity index is 647. The van der Waals surface area contributed by atoms with Crippen molar-refractivity contribution in [2.75, 3.05) is 46.9 Å². The van der Waals surface area contributed by atoms with Crippen LogP contribution in [0.25, 0.3) is 0 Å². The Labute approximate surface area is 156 Å². The molecule has 0 spiro atoms. The van der Waals surface area contributed by atoms with Crippen LogP contribution >= 0.6 is 0 Å². The maximum Gasteiger partial charge on any atom is 0.234 e. The average Bonchev–Trinajstić information content (AvgIpc) is 2.78. The highest BCUT2D eigenvalue weighted by molar-refractivity contribution is 5.78. The topological polar surface area (TPSA) is 54.0 Å². The standard InChI is InChI=1S/C20H31N3O3/c1-20(2)13-17(16-12-15(25-4)6-7-18(16)26-20)21-19(24)14-23-9-5-8-22(3)10-11-23/h6-7,12,17H,5,8-11,13-14H2,1-4H3,(H,21,24)/t17-/m0/s1. The molecule has 26 heavy (non-hydrogen) atoms. The zero-order valence-corrected chi connectivity index (χ0v) is 16.4. The molecular formula is C20H31N3O3. The van der Waals surface area contributed by atoms with Gasteiger partial charge in [-0.15, -0.1) is 0 Å². The molecule has 3 rings (SSSR count). The van der Waals surface area contributed by atoms with E-state index in [2.05, 4.69) is 36.0 Å². The van der Waals surface area contributed by atoms with E-state index in [1.807, 2.05) is 18.2 Å². The molecule has 1 fully saturated rings. The first-order valence-corrected chi connectivity index (χ1v) is 9.43. The molecule has 0 aliphatic carbocycles. The van der Waals surface area contributed by atoms with Gasteiger partial charge in [-0.3, -0.25) is 9.69 Å². The lowest BCUT2D eigenvalue weighted by atomic mass is 9.89. The number of nitrogens with one attached hydrogen (secondary N) is 1. The molecule has 0 unspecified atom stereocenters. The SMILES string of the molecule is COc1ccc2c(c1)[C@@H](NC(=O)CN1CCCN(C)CC1)CC(C)(C)O2. The number of methoxy groups -OCH3 is 1. The fourth-order valence-electron chi connectivity index (χ4n) is 3.79. The van der Waals surface area contributed by atoms with Gasteiger partial charge in [0.15, 0.2) is 0 Å². The fraction of sp³-hybridized carbons (Fsp3) is 0.650. The molecule has 0 radical (unpaired) electrons. The monoisotopic (exact) mass is 361 g/mol. The number of nitrogens with zero attached hydrogens (tertiary/aromatic N) is 2. The number of hydrogen-bond donors (Lipinski definition) is 1. The summed E-state index contributed by atoms with van der Waals surface area (Å²) >= 11 is 0. The predicted molar refractivity (Wildman–Crippen MR) is 102 cm³/mol. The first kappa shape index (κ1) is 19.0. The molecule has 1 atom stereocenters. The normalized spacial score (nSPS) is 23.5. The van der Waals surface area contributed by atoms with Gasteiger partial charge in [0.25, 0.3) is 0 Å². The third kappa shape index (κ3) is 4.68. The maximum absolute atomic E-state index is 12.7. The van der Waals surface area contributed by atoms with E-state index in [4.69, 9.17) is 9.47 Å². The molecule has 1 aromatic carbocycles. The first-order valence-electron chi connectivity index (χ1n) is 9.43. The van der Waals surface area contributed by atoms with E-state index in [1.54, 1.807) is 7.11 Å². The molecule has 2 heterocycles. The zero-order valence-electron chi connectivity index (χ0n) is 16.4. The zero-order chi connectivity index (χ0) is 18.7. The largest absolute Gasteiger partial charge is 0.497 e. The van der Waals surface area contributed by atoms with Crippen molar-refractivity contribution < 1.29 is 14.3 Å². The molecule has 2 aliphatic heterocycles. The lowest BCUT2D eigenvalue weighted by Gasteiger charge is -2.38. The Morgan fingerprint density at radius 3 is 2.88 bits per heavy atom. The quantitative estimate of drug-likeness (QED) is 0.890. The van der Waals surface area contributed by atoms with Crippen molar-refractivity contribution in [3.63, 3.8) is 0 Å². The van der Waals surface area contributed by atoms with Gasteiger partial charge in [-0.05, 0) is 58.6 Å². The summed E-state index contributed by atoms with van der Waals surface area (Å²) in [5, 5.41) is 3.23. The molecule has 1 saturated heterocycles. The number of ether oxygens (including phenoxy) is 2. The minimum atomic E-state index is -0.315. The number of carbonyl (C=O) groups excluding carboxylic acids is 1. The van der Waals surface area contributed by atoms with Gasteiger partial charge in [0, 0.05) is 25.1 Å². The van der Waals surface area contributed by atoms with Crippen LogP contribution in [-0.4, -0.2) is 68.2 Å². The summed E-state index contributed by atoms with van der Waals surface area (Å²) in [4.78, 5) is 17.3. The van der Waals surface area contributed by atoms with Gasteiger partial charge in [-0.1, -0.05) is 0 Å². The van der Waals surface area contributed by atoms with Crippen molar-refractivity contribution in [2.24, 2.45) is 0 Å². The van der Waals surface area contributed by atoms with Crippen molar-refractivity contribution in [1.82, 2.24) is 15.1 Å². The lowest BCUT2D eigenvalue weighted by molar-refractivity contribution is -0.123. The highest BCUT2D eigenvalue weighted by Gasteiger charge is 2.35. The molecule has 0 bridgehead atoms. The Morgan fingerprint density at radius 2 is 2.12 bits per heavy atom. The van der Waals surface area contributed by atoms with Crippen molar-refractivity contribution in [3.8, 4) is 11.5 Å². The second-order valence-electron chi connectivity index (χ2n) is 8.02. The molecule has 0 aromatic heterocycles. The number of hydrogen-bond acceptors (Lipinski definition) is 5. The molecule has 0 saturated carbocycles. The van der Waals surface area contributed by atoms with E-state index in [9.17, 15) is 4.79 Å². The summed E-state index contributed by atoms with van der Waals surface area (Å²) in [7, 11) is 3.79. The van der Waals surface area contributed by atoms with Crippen LogP contribution in [0.1, 0.15) is 38.3 Å². The van der Waals surface area contributed by atoms with Crippen LogP contribution in [0, 0.1) is 0 Å². The molecule has 6 nitrogen and oxygen atoms in total. The van der Waals surface area contributed by atoms with Gasteiger partial charge in [-0.25, -0.2) is 0 Å². The van der Waals surface area contributed by atoms with Crippen molar-refractivity contribution in [2.45, 2.75) is 38.3 Å². The van der Waals surface area contributed by atoms with Crippen LogP contribution in [0.5, 0.6) is 11.5 Å². The Hall–Kier alpha value is -1.79. The summed E-state index contributed by atoms with van der Waals surface area (Å²) in [6.07, 6.45) is 1.84. The lowest BCUT2D eigenvalue weighted by Crippen LogP contribution is -2.44. The first-order chi connectivity index (χ1) is 12.4. The van der Waals surface area contributed by atoms with Crippen molar-refractivity contribution in [1.29, 1.82) is 0 Å². The van der Waals surface area contributed by atoms with Gasteiger partial charge in [0.2, 0.25) is 5.91 Å². The number of amides is 1. The number of likely N-dealkylation sites (N-methyl/N-ethyl adjacent to an activating group) is 1. The second-order valence-corrected chi connectivity index (χ2v) is 8.02. The van der Waals surface area contributed by atoms with E-state index in [-0.39, 0.29) is 17.6 Å². The van der Waals surface area contributed by atoms with Crippen LogP contribution in [0.2, 0.25) is 0 Å². The average molecular weight is 361 g/mol. The smallest absolute Gasteiger partial charge is 0.234 e. The summed E-state index contributed by atoms with van der Waals surface area (Å²) in [5.41, 5.74) is 0.679. The van der Waals surface area contributed by atoms with Crippen LogP contribution in [0.4, 0.5) is 0 Å². The Kier molecular flexibility index (Phi) is 5.73. The Morgan fingerprint density at radius 1 is 1.31 bits per heavy atom. The van der Waals surface area contributed by atoms with E-state index >= 15 is 0 Å². The molecule has 1 amide bonds. The fourth-order valence-corrected chi connectivity index (χ4v) is 3.79. The minimum absolute atomic E-state index is 0.0639. The highest BCUT2D eigenvalue weighted by Crippen LogP contribution is 2.41. The van der Waals surface area contributed by atoms with Gasteiger partial charge >= 0.3 is 0 Å². The van der Waals surface area contributed by atoms with Crippen LogP contribution < -0.4 is 14.8 Å². The predicted octanol–water partition coefficient (Wildman–Crippen LogP) is 2.05. The summed E-state index contributed by atoms with van der Waals surface area (Å²) in [5.74, 6) is 1.68. The van der Waals surface area contributed by atoms with Crippen molar-refractivity contribution in [3.05, 3.63) is 23.8 Å². The minimum Gasteiger partial charge on any atom is -0.497 e. The number of carbonyl (C=O) groups is 1. The third-order valence-electron chi connectivity index (χ3n) is 5.19. The Balaban J connectivity index is 1.69. The van der Waals surface area contributed by atoms with E-state index in [1.165, 1.54) is 0 Å². The van der Waals surface area contributed by atoms with Crippen molar-refractivity contribution >= 4 is 5.91 Å². The van der Waals surface area contributed by atoms with Crippen LogP contribution in [0.3, 0.4) is 0 Å². The highest BCUT2D eigenvalue weighted by atomic mass is 16.5. The van der Waals surface area contributed by atoms with Gasteiger partial charge in [0.05, 0.1) is 19.7 Å². The van der Waals surface area contributed by atoms with E-state index in [0.717, 1.165) is 56.1 Å². The second kappa shape index (κ2) is 7.84. The molecule has 1 aromatic rings. The van der Waals surface area contributed by atoms with Crippen LogP contribution in [-0.2, 0) is 4.79 Å². The summed E-state index contributed by atoms with van der Waals surface area (Å²) in [6, 6.07) is 5.73. The number of benzene rings is 1. The molecule has 6 heteroatoms. The maximum atomic E-state index is 12.7. The summed E-state index contributed by atoms with van der Waals surface area (Å²) < 4.78 is 11.4. The molecule has 1 N–H and O–H groups in total. The molecule has 2 aliphatic rings. The molecular weight excluding hydrogens is 330 g/mol. The number of rotatable bonds is 4. The summed E-state index contributed by atoms with van der Waals surface area (Å²) in [6.45, 7) is 8.59. The number of fused-ring (bicyclic) bond motifs is 1. The van der Waals surface area contributed by atoms with E-state index < -0.39 is 0 Å². The van der Waals surface area contributed by atoms with Crippen LogP contribution in [0.15, 0.2) is 18.2 Å².